The average Bonchev–Trinajstić information content (AvgIpc) is 3.28. The van der Waals surface area contributed by atoms with Gasteiger partial charge in [-0.25, -0.2) is 4.39 Å². The molecule has 0 N–H and O–H groups in total. The summed E-state index contributed by atoms with van der Waals surface area (Å²) < 4.78 is 252. The average molecular weight is 526 g/mol. The Labute approximate surface area is 162 Å². The van der Waals surface area contributed by atoms with Crippen LogP contribution in [0.25, 0.3) is 0 Å². The van der Waals surface area contributed by atoms with Crippen LogP contribution in [0.5, 0.6) is 0 Å². The van der Waals surface area contributed by atoms with Gasteiger partial charge in [0.1, 0.15) is 0 Å². The molecule has 1 fully saturated rings. The van der Waals surface area contributed by atoms with Crippen LogP contribution in [0.2, 0.25) is 0 Å². The number of epoxide rings is 1. The Balaban J connectivity index is 3.89. The minimum atomic E-state index is -9.16. The Hall–Kier alpha value is -1.37. The molecule has 1 aliphatic heterocycles. The fourth-order valence-electron chi connectivity index (χ4n) is 2.32. The molecule has 0 spiro atoms. The third-order valence-electron chi connectivity index (χ3n) is 4.28. The van der Waals surface area contributed by atoms with Gasteiger partial charge in [0.25, 0.3) is 0 Å². The summed E-state index contributed by atoms with van der Waals surface area (Å²) >= 11 is 0. The number of hydrogen-bond acceptors (Lipinski definition) is 1. The molecule has 1 nitrogen and oxygen atoms in total. The smallest absolute Gasteiger partial charge is 0.363 e. The molecule has 192 valence electrons. The van der Waals surface area contributed by atoms with E-state index in [1.807, 2.05) is 0 Å². The topological polar surface area (TPSA) is 12.5 Å². The first-order chi connectivity index (χ1) is 13.5. The van der Waals surface area contributed by atoms with Gasteiger partial charge in [-0.1, -0.05) is 0 Å². The standard InChI is InChI=1S/C12H5F19O/c1-2-3(32-2)4(13,14)6(16,17)9(22,23)7(18,19)5(15,11(26,27)28)8(20,21)10(24,25)12(29,30)31/h2-3H,1H3. The van der Waals surface area contributed by atoms with Gasteiger partial charge in [-0.05, 0) is 6.92 Å². The Bertz CT molecular complexity index is 717. The number of halogens is 19. The molecule has 0 bridgehead atoms. The van der Waals surface area contributed by atoms with Crippen molar-refractivity contribution in [1.82, 2.24) is 0 Å². The van der Waals surface area contributed by atoms with Crippen LogP contribution >= 0.6 is 0 Å². The molecule has 0 aromatic carbocycles. The molecule has 1 rings (SSSR count). The van der Waals surface area contributed by atoms with Crippen LogP contribution in [0.3, 0.4) is 0 Å². The molecule has 0 radical (unpaired) electrons. The highest BCUT2D eigenvalue weighted by Crippen LogP contribution is 2.68. The molecular formula is C12H5F19O. The second-order valence-corrected chi connectivity index (χ2v) is 6.41. The highest BCUT2D eigenvalue weighted by Gasteiger charge is 3.00. The van der Waals surface area contributed by atoms with E-state index >= 15 is 0 Å². The fourth-order valence-corrected chi connectivity index (χ4v) is 2.32. The summed E-state index contributed by atoms with van der Waals surface area (Å²) in [5, 5.41) is 0. The quantitative estimate of drug-likeness (QED) is 0.276. The first kappa shape index (κ1) is 28.7. The molecule has 1 heterocycles. The molecule has 0 saturated carbocycles. The maximum atomic E-state index is 13.9. The van der Waals surface area contributed by atoms with Crippen molar-refractivity contribution in [2.75, 3.05) is 0 Å². The fraction of sp³-hybridized carbons (Fsp3) is 1.00. The van der Waals surface area contributed by atoms with Crippen LogP contribution in [0.1, 0.15) is 6.92 Å². The summed E-state index contributed by atoms with van der Waals surface area (Å²) in [4.78, 5) is 0. The third-order valence-corrected chi connectivity index (χ3v) is 4.28. The lowest BCUT2D eigenvalue weighted by molar-refractivity contribution is -0.475. The normalized spacial score (nSPS) is 24.4. The number of rotatable bonds is 7. The van der Waals surface area contributed by atoms with Crippen LogP contribution in [0, 0.1) is 0 Å². The van der Waals surface area contributed by atoms with Crippen molar-refractivity contribution < 1.29 is 88.2 Å². The van der Waals surface area contributed by atoms with Gasteiger partial charge in [0.15, 0.2) is 6.10 Å². The van der Waals surface area contributed by atoms with E-state index < -0.39 is 65.8 Å². The van der Waals surface area contributed by atoms with Crippen LogP contribution in [-0.4, -0.2) is 65.8 Å². The molecule has 32 heavy (non-hydrogen) atoms. The summed E-state index contributed by atoms with van der Waals surface area (Å²) in [6.45, 7) is 0.387. The second kappa shape index (κ2) is 6.83. The predicted octanol–water partition coefficient (Wildman–Crippen LogP) is 6.42. The van der Waals surface area contributed by atoms with E-state index in [1.54, 1.807) is 0 Å². The van der Waals surface area contributed by atoms with Crippen molar-refractivity contribution >= 4 is 0 Å². The maximum absolute atomic E-state index is 13.9. The van der Waals surface area contributed by atoms with Gasteiger partial charge in [0.05, 0.1) is 6.10 Å². The predicted molar refractivity (Wildman–Crippen MR) is 60.0 cm³/mol. The van der Waals surface area contributed by atoms with Gasteiger partial charge < -0.3 is 4.74 Å². The van der Waals surface area contributed by atoms with E-state index in [1.165, 1.54) is 0 Å². The van der Waals surface area contributed by atoms with Crippen LogP contribution < -0.4 is 0 Å². The zero-order valence-electron chi connectivity index (χ0n) is 14.2. The van der Waals surface area contributed by atoms with E-state index in [2.05, 4.69) is 4.74 Å². The summed E-state index contributed by atoms with van der Waals surface area (Å²) in [6.07, 6.45) is -22.3. The monoisotopic (exact) mass is 526 g/mol. The van der Waals surface area contributed by atoms with Crippen molar-refractivity contribution in [2.24, 2.45) is 0 Å². The van der Waals surface area contributed by atoms with E-state index in [-0.39, 0.29) is 0 Å². The molecule has 1 aliphatic rings. The largest absolute Gasteiger partial charge is 0.460 e. The Morgan fingerprint density at radius 3 is 1.00 bits per heavy atom. The van der Waals surface area contributed by atoms with Gasteiger partial charge in [0.2, 0.25) is 0 Å². The zero-order valence-corrected chi connectivity index (χ0v) is 14.2. The maximum Gasteiger partial charge on any atom is 0.460 e. The second-order valence-electron chi connectivity index (χ2n) is 6.41. The van der Waals surface area contributed by atoms with Crippen LogP contribution in [0.4, 0.5) is 83.4 Å². The van der Waals surface area contributed by atoms with Crippen molar-refractivity contribution in [3.8, 4) is 0 Å². The van der Waals surface area contributed by atoms with Crippen LogP contribution in [0.15, 0.2) is 0 Å². The molecule has 20 heteroatoms. The summed E-state index contributed by atoms with van der Waals surface area (Å²) in [5.74, 6) is -49.9. The minimum absolute atomic E-state index is 0.387. The summed E-state index contributed by atoms with van der Waals surface area (Å²) in [7, 11) is 0. The van der Waals surface area contributed by atoms with Crippen molar-refractivity contribution in [3.63, 3.8) is 0 Å². The Morgan fingerprint density at radius 1 is 0.438 bits per heavy atom. The summed E-state index contributed by atoms with van der Waals surface area (Å²) in [6, 6.07) is 0. The Kier molecular flexibility index (Phi) is 6.12. The minimum Gasteiger partial charge on any atom is -0.363 e. The number of alkyl halides is 19. The van der Waals surface area contributed by atoms with E-state index in [0.29, 0.717) is 6.92 Å². The molecule has 3 atom stereocenters. The Morgan fingerprint density at radius 2 is 0.750 bits per heavy atom. The third kappa shape index (κ3) is 3.20. The van der Waals surface area contributed by atoms with E-state index in [4.69, 9.17) is 0 Å². The van der Waals surface area contributed by atoms with E-state index in [9.17, 15) is 83.4 Å². The molecular weight excluding hydrogens is 521 g/mol. The first-order valence-corrected chi connectivity index (χ1v) is 7.26. The summed E-state index contributed by atoms with van der Waals surface area (Å²) in [5.41, 5.74) is -9.16. The lowest BCUT2D eigenvalue weighted by Crippen LogP contribution is -2.80. The van der Waals surface area contributed by atoms with Crippen LogP contribution in [-0.2, 0) is 4.74 Å². The molecule has 0 amide bonds. The highest BCUT2D eigenvalue weighted by molar-refractivity contribution is 5.22. The SMILES string of the molecule is CC1OC1C(F)(F)C(F)(F)C(F)(F)C(F)(F)C(F)(C(F)(F)F)C(F)(F)C(F)(F)C(F)(F)F. The molecule has 3 unspecified atom stereocenters. The lowest BCUT2D eigenvalue weighted by atomic mass is 9.79. The van der Waals surface area contributed by atoms with Gasteiger partial charge in [-0.3, -0.25) is 0 Å². The molecule has 0 aliphatic carbocycles. The molecule has 0 aromatic heterocycles. The number of hydrogen-bond donors (Lipinski definition) is 0. The molecule has 1 saturated heterocycles. The lowest BCUT2D eigenvalue weighted by Gasteiger charge is -2.46. The van der Waals surface area contributed by atoms with E-state index in [0.717, 1.165) is 0 Å². The molecule has 0 aromatic rings. The van der Waals surface area contributed by atoms with Crippen molar-refractivity contribution in [3.05, 3.63) is 0 Å². The highest BCUT2D eigenvalue weighted by atomic mass is 19.4. The van der Waals surface area contributed by atoms with Crippen molar-refractivity contribution in [2.45, 2.75) is 72.7 Å². The first-order valence-electron chi connectivity index (χ1n) is 7.26. The van der Waals surface area contributed by atoms with Gasteiger partial charge in [-0.2, -0.15) is 79.0 Å². The number of ether oxygens (including phenoxy) is 1. The zero-order chi connectivity index (χ0) is 26.4. The van der Waals surface area contributed by atoms with Crippen molar-refractivity contribution in [1.29, 1.82) is 0 Å². The van der Waals surface area contributed by atoms with Gasteiger partial charge in [-0.15, -0.1) is 0 Å². The van der Waals surface area contributed by atoms with Gasteiger partial charge in [0, 0.05) is 0 Å². The van der Waals surface area contributed by atoms with Gasteiger partial charge >= 0.3 is 53.6 Å².